The van der Waals surface area contributed by atoms with E-state index < -0.39 is 74.2 Å². The summed E-state index contributed by atoms with van der Waals surface area (Å²) in [5.74, 6) is -2.42. The third-order valence-electron chi connectivity index (χ3n) is 12.5. The van der Waals surface area contributed by atoms with Crippen molar-refractivity contribution in [3.63, 3.8) is 0 Å². The minimum absolute atomic E-state index is 0.0585. The monoisotopic (exact) mass is 842 g/mol. The molecule has 60 heavy (non-hydrogen) atoms. The van der Waals surface area contributed by atoms with E-state index in [4.69, 9.17) is 9.47 Å². The zero-order valence-corrected chi connectivity index (χ0v) is 35.0. The number of fused-ring (bicyclic) bond motifs is 3. The Bertz CT molecular complexity index is 2350. The van der Waals surface area contributed by atoms with Gasteiger partial charge in [-0.15, -0.1) is 0 Å². The van der Waals surface area contributed by atoms with E-state index in [1.54, 1.807) is 6.20 Å². The second kappa shape index (κ2) is 17.0. The Kier molecular flexibility index (Phi) is 11.8. The van der Waals surface area contributed by atoms with E-state index in [0.29, 0.717) is 31.2 Å². The highest BCUT2D eigenvalue weighted by molar-refractivity contribution is 7.91. The summed E-state index contributed by atoms with van der Waals surface area (Å²) in [7, 11) is -3.93. The molecule has 3 aliphatic carbocycles. The fourth-order valence-electron chi connectivity index (χ4n) is 9.00. The Morgan fingerprint density at radius 1 is 0.933 bits per heavy atom. The van der Waals surface area contributed by atoms with Crippen molar-refractivity contribution in [3.05, 3.63) is 71.2 Å². The Morgan fingerprint density at radius 2 is 1.68 bits per heavy atom. The van der Waals surface area contributed by atoms with E-state index in [-0.39, 0.29) is 43.8 Å². The lowest BCUT2D eigenvalue weighted by atomic mass is 9.99. The van der Waals surface area contributed by atoms with Crippen LogP contribution >= 0.6 is 0 Å². The molecule has 1 aromatic heterocycles. The maximum Gasteiger partial charge on any atom is 0.408 e. The number of rotatable bonds is 9. The number of alkyl carbamates (subject to hydrolysis) is 1. The fraction of sp³-hybridized carbons (Fsp3) is 0.545. The van der Waals surface area contributed by atoms with Crippen LogP contribution < -0.4 is 25.7 Å². The first-order chi connectivity index (χ1) is 28.8. The van der Waals surface area contributed by atoms with Crippen LogP contribution in [0.1, 0.15) is 103 Å². The van der Waals surface area contributed by atoms with Crippen molar-refractivity contribution < 1.29 is 37.1 Å². The molecule has 320 valence electrons. The summed E-state index contributed by atoms with van der Waals surface area (Å²) in [6, 6.07) is 10.5. The Labute approximate surface area is 349 Å². The number of carbonyl (C=O) groups is 4. The molecule has 2 unspecified atom stereocenters. The number of carbonyl (C=O) groups excluding carboxylic acids is 4. The van der Waals surface area contributed by atoms with Crippen LogP contribution in [0.25, 0.3) is 21.9 Å². The van der Waals surface area contributed by atoms with Gasteiger partial charge >= 0.3 is 11.7 Å². The molecular formula is C44H54N6O9S. The van der Waals surface area contributed by atoms with E-state index in [2.05, 4.69) is 20.5 Å². The Balaban J connectivity index is 1.15. The summed E-state index contributed by atoms with van der Waals surface area (Å²) >= 11 is 0. The second-order valence-electron chi connectivity index (χ2n) is 17.2. The molecular weight excluding hydrogens is 789 g/mol. The standard InChI is InChI=1S/C44H54N6O9S/c1-27(2)58-38-35(34-19-12-14-28-13-8-11-18-33(28)34)25-45-50(41(38)53)30-23-37-39(51)47-44(42(54)48-60(56,57)32-21-22-32)24-29(44)15-6-4-3-5-7-20-36(40(52)49(37)26-30)46-43(55)59-31-16-9-10-17-31/h6,8,11-15,18-19,25,27,29-32,36-37H,3-5,7,9-10,16-17,20-24,26H2,1-2H3,(H,46,55)(H,47,51)(H,48,54)/b15-6-/t29-,30?,36+,37+,44?/m1/s1. The van der Waals surface area contributed by atoms with Crippen molar-refractivity contribution in [2.24, 2.45) is 5.92 Å². The van der Waals surface area contributed by atoms with Gasteiger partial charge in [-0.05, 0) is 94.4 Å². The van der Waals surface area contributed by atoms with Gasteiger partial charge in [-0.25, -0.2) is 17.9 Å². The van der Waals surface area contributed by atoms with Crippen molar-refractivity contribution in [2.75, 3.05) is 6.54 Å². The largest absolute Gasteiger partial charge is 0.485 e. The highest BCUT2D eigenvalue weighted by Crippen LogP contribution is 2.46. The topological polar surface area (TPSA) is 195 Å². The molecule has 5 atom stereocenters. The van der Waals surface area contributed by atoms with Crippen LogP contribution in [0.4, 0.5) is 4.79 Å². The molecule has 1 saturated heterocycles. The minimum Gasteiger partial charge on any atom is -0.485 e. The maximum atomic E-state index is 14.8. The van der Waals surface area contributed by atoms with E-state index >= 15 is 0 Å². The zero-order valence-electron chi connectivity index (χ0n) is 34.1. The van der Waals surface area contributed by atoms with Crippen LogP contribution in [0.5, 0.6) is 5.75 Å². The Morgan fingerprint density at radius 3 is 2.45 bits per heavy atom. The predicted octanol–water partition coefficient (Wildman–Crippen LogP) is 5.03. The highest BCUT2D eigenvalue weighted by atomic mass is 32.2. The number of nitrogens with zero attached hydrogens (tertiary/aromatic N) is 3. The second-order valence-corrected chi connectivity index (χ2v) is 19.2. The van der Waals surface area contributed by atoms with Crippen LogP contribution in [0.3, 0.4) is 0 Å². The fourth-order valence-corrected chi connectivity index (χ4v) is 10.4. The predicted molar refractivity (Wildman–Crippen MR) is 223 cm³/mol. The average Bonchev–Trinajstić information content (AvgIpc) is 4.09. The number of ether oxygens (including phenoxy) is 2. The molecule has 3 aromatic rings. The number of hydrogen-bond acceptors (Lipinski definition) is 10. The maximum absolute atomic E-state index is 14.8. The quantitative estimate of drug-likeness (QED) is 0.246. The highest BCUT2D eigenvalue weighted by Gasteiger charge is 2.62. The van der Waals surface area contributed by atoms with E-state index in [1.165, 1.54) is 9.58 Å². The zero-order chi connectivity index (χ0) is 42.2. The van der Waals surface area contributed by atoms with E-state index in [9.17, 15) is 32.4 Å². The van der Waals surface area contributed by atoms with Crippen molar-refractivity contribution in [3.8, 4) is 16.9 Å². The number of sulfonamides is 1. The number of nitrogens with one attached hydrogen (secondary N) is 3. The van der Waals surface area contributed by atoms with Gasteiger partial charge < -0.3 is 25.0 Å². The van der Waals surface area contributed by atoms with Gasteiger partial charge in [-0.3, -0.25) is 23.9 Å². The first kappa shape index (κ1) is 41.5. The van der Waals surface area contributed by atoms with Crippen LogP contribution in [-0.2, 0) is 29.1 Å². The summed E-state index contributed by atoms with van der Waals surface area (Å²) in [6.07, 6.45) is 11.6. The van der Waals surface area contributed by atoms with Gasteiger partial charge in [0.25, 0.3) is 5.91 Å². The van der Waals surface area contributed by atoms with Gasteiger partial charge in [0.2, 0.25) is 21.8 Å². The van der Waals surface area contributed by atoms with Crippen LogP contribution in [0, 0.1) is 5.92 Å². The van der Waals surface area contributed by atoms with E-state index in [1.807, 2.05) is 68.5 Å². The van der Waals surface area contributed by atoms with Gasteiger partial charge in [0.05, 0.1) is 29.2 Å². The van der Waals surface area contributed by atoms with E-state index in [0.717, 1.165) is 54.9 Å². The molecule has 0 bridgehead atoms. The number of allylic oxidation sites excluding steroid dienone is 1. The third kappa shape index (κ3) is 8.66. The smallest absolute Gasteiger partial charge is 0.408 e. The molecule has 8 rings (SSSR count). The summed E-state index contributed by atoms with van der Waals surface area (Å²) in [5, 5.41) is 11.6. The van der Waals surface area contributed by atoms with Gasteiger partial charge in [-0.2, -0.15) is 5.10 Å². The lowest BCUT2D eigenvalue weighted by Gasteiger charge is -2.30. The molecule has 2 aliphatic heterocycles. The van der Waals surface area contributed by atoms with Crippen molar-refractivity contribution >= 4 is 44.6 Å². The summed E-state index contributed by atoms with van der Waals surface area (Å²) in [6.45, 7) is 3.52. The number of benzene rings is 2. The van der Waals surface area contributed by atoms with Crippen molar-refractivity contribution in [1.29, 1.82) is 0 Å². The van der Waals surface area contributed by atoms with Crippen LogP contribution in [-0.4, -0.2) is 88.5 Å². The first-order valence-electron chi connectivity index (χ1n) is 21.4. The molecule has 0 radical (unpaired) electrons. The number of aromatic nitrogens is 2. The van der Waals surface area contributed by atoms with Gasteiger partial charge in [0.1, 0.15) is 23.7 Å². The average molecular weight is 843 g/mol. The molecule has 4 fully saturated rings. The molecule has 2 aromatic carbocycles. The molecule has 0 spiro atoms. The third-order valence-corrected chi connectivity index (χ3v) is 14.3. The molecule has 16 heteroatoms. The van der Waals surface area contributed by atoms with Crippen LogP contribution in [0.2, 0.25) is 0 Å². The first-order valence-corrected chi connectivity index (χ1v) is 23.0. The number of hydrogen-bond donors (Lipinski definition) is 3. The number of amides is 4. The molecule has 5 aliphatic rings. The summed E-state index contributed by atoms with van der Waals surface area (Å²) < 4.78 is 41.3. The normalized spacial score (nSPS) is 26.9. The Hall–Kier alpha value is -5.25. The molecule has 15 nitrogen and oxygen atoms in total. The van der Waals surface area contributed by atoms with Gasteiger partial charge in [-0.1, -0.05) is 67.5 Å². The SMILES string of the molecule is CC(C)Oc1c(-c2cccc3ccccc23)cnn(C2C[C@H]3C(=O)NC4(C(=O)NS(=O)(=O)C5CC5)C[C@H]4/C=C\CCCCC[C@H](NC(=O)OC4CCCC4)C(=O)N3C2)c1=O. The summed E-state index contributed by atoms with van der Waals surface area (Å²) in [4.78, 5) is 72.5. The molecule has 3 heterocycles. The van der Waals surface area contributed by atoms with Gasteiger partial charge in [0.15, 0.2) is 5.75 Å². The molecule has 4 amide bonds. The molecule has 3 saturated carbocycles. The van der Waals surface area contributed by atoms with Gasteiger partial charge in [0, 0.05) is 18.9 Å². The minimum atomic E-state index is -3.93. The van der Waals surface area contributed by atoms with Crippen molar-refractivity contribution in [1.82, 2.24) is 30.0 Å². The lowest BCUT2D eigenvalue weighted by Crippen LogP contribution is -2.58. The summed E-state index contributed by atoms with van der Waals surface area (Å²) in [5.41, 5.74) is -0.847. The van der Waals surface area contributed by atoms with Crippen molar-refractivity contribution in [2.45, 2.75) is 138 Å². The van der Waals surface area contributed by atoms with Crippen LogP contribution in [0.15, 0.2) is 65.6 Å². The molecule has 3 N–H and O–H groups in total. The lowest BCUT2D eigenvalue weighted by molar-refractivity contribution is -0.141.